The summed E-state index contributed by atoms with van der Waals surface area (Å²) in [7, 11) is 1.94. The van der Waals surface area contributed by atoms with Crippen molar-refractivity contribution >= 4 is 32.5 Å². The molecule has 0 aliphatic heterocycles. The van der Waals surface area contributed by atoms with Gasteiger partial charge in [0, 0.05) is 46.4 Å². The maximum Gasteiger partial charge on any atom is 0.296 e. The number of pyridine rings is 1. The van der Waals surface area contributed by atoms with Crippen LogP contribution in [0, 0.1) is 10.1 Å². The monoisotopic (exact) mass is 331 g/mol. The van der Waals surface area contributed by atoms with E-state index in [1.54, 1.807) is 6.20 Å². The van der Waals surface area contributed by atoms with E-state index in [9.17, 15) is 10.1 Å². The fourth-order valence-corrected chi connectivity index (χ4v) is 2.60. The Bertz CT molecular complexity index is 826. The van der Waals surface area contributed by atoms with Gasteiger partial charge in [0.05, 0.1) is 4.92 Å². The second kappa shape index (κ2) is 4.72. The molecule has 0 N–H and O–H groups in total. The molecule has 0 saturated heterocycles. The van der Waals surface area contributed by atoms with Crippen LogP contribution in [0.2, 0.25) is 0 Å². The quantitative estimate of drug-likeness (QED) is 0.528. The van der Waals surface area contributed by atoms with Crippen LogP contribution < -0.4 is 0 Å². The van der Waals surface area contributed by atoms with Gasteiger partial charge < -0.3 is 4.57 Å². The fourth-order valence-electron chi connectivity index (χ4n) is 2.28. The van der Waals surface area contributed by atoms with Crippen molar-refractivity contribution < 1.29 is 4.92 Å². The van der Waals surface area contributed by atoms with Crippen molar-refractivity contribution in [2.75, 3.05) is 0 Å². The van der Waals surface area contributed by atoms with E-state index in [1.807, 2.05) is 42.1 Å². The Kier molecular flexibility index (Phi) is 3.02. The predicted octanol–water partition coefficient (Wildman–Crippen LogP) is 3.91. The number of benzene rings is 1. The first kappa shape index (κ1) is 12.8. The molecule has 0 atom stereocenters. The largest absolute Gasteiger partial charge is 0.351 e. The van der Waals surface area contributed by atoms with E-state index in [0.717, 1.165) is 16.5 Å². The Hall–Kier alpha value is -2.21. The fraction of sp³-hybridized carbons (Fsp3) is 0.0714. The summed E-state index contributed by atoms with van der Waals surface area (Å²) in [6, 6.07) is 9.13. The van der Waals surface area contributed by atoms with E-state index in [1.165, 1.54) is 6.07 Å². The van der Waals surface area contributed by atoms with Gasteiger partial charge in [-0.1, -0.05) is 12.1 Å². The van der Waals surface area contributed by atoms with Gasteiger partial charge in [-0.3, -0.25) is 10.1 Å². The van der Waals surface area contributed by atoms with E-state index in [0.29, 0.717) is 10.2 Å². The van der Waals surface area contributed by atoms with E-state index >= 15 is 0 Å². The van der Waals surface area contributed by atoms with Crippen LogP contribution in [0.3, 0.4) is 0 Å². The van der Waals surface area contributed by atoms with Gasteiger partial charge in [-0.15, -0.1) is 0 Å². The minimum Gasteiger partial charge on any atom is -0.351 e. The second-order valence-electron chi connectivity index (χ2n) is 4.44. The molecule has 0 fully saturated rings. The summed E-state index contributed by atoms with van der Waals surface area (Å²) in [6.07, 6.45) is 3.50. The lowest BCUT2D eigenvalue weighted by Crippen LogP contribution is -1.95. The minimum absolute atomic E-state index is 0.00396. The number of aryl methyl sites for hydroxylation is 1. The summed E-state index contributed by atoms with van der Waals surface area (Å²) in [4.78, 5) is 15.1. The molecule has 1 aromatic carbocycles. The minimum atomic E-state index is -0.408. The van der Waals surface area contributed by atoms with E-state index < -0.39 is 4.92 Å². The number of nitro groups is 1. The predicted molar refractivity (Wildman–Crippen MR) is 80.5 cm³/mol. The highest BCUT2D eigenvalue weighted by atomic mass is 79.9. The Morgan fingerprint density at radius 1 is 1.35 bits per heavy atom. The summed E-state index contributed by atoms with van der Waals surface area (Å²) in [5.74, 6) is 0. The summed E-state index contributed by atoms with van der Waals surface area (Å²) in [5.41, 5.74) is 2.16. The molecule has 0 bridgehead atoms. The molecule has 0 spiro atoms. The van der Waals surface area contributed by atoms with Crippen molar-refractivity contribution in [3.63, 3.8) is 0 Å². The third kappa shape index (κ3) is 1.98. The molecule has 100 valence electrons. The molecule has 0 saturated carbocycles. The first-order valence-corrected chi connectivity index (χ1v) is 6.71. The Morgan fingerprint density at radius 3 is 2.90 bits per heavy atom. The maximum atomic E-state index is 11.2. The van der Waals surface area contributed by atoms with Crippen LogP contribution in [0.25, 0.3) is 22.2 Å². The normalized spacial score (nSPS) is 10.9. The molecule has 0 aliphatic rings. The number of halogens is 1. The molecule has 3 aromatic rings. The van der Waals surface area contributed by atoms with Crippen molar-refractivity contribution in [3.05, 3.63) is 57.3 Å². The first-order valence-electron chi connectivity index (χ1n) is 5.92. The SMILES string of the molecule is Cn1ccc2c(-c3ncc(Br)cc3[N+](=O)[O-])cccc21. The molecule has 0 aliphatic carbocycles. The zero-order valence-electron chi connectivity index (χ0n) is 10.6. The number of rotatable bonds is 2. The third-order valence-corrected chi connectivity index (χ3v) is 3.65. The highest BCUT2D eigenvalue weighted by Crippen LogP contribution is 2.34. The maximum absolute atomic E-state index is 11.2. The summed E-state index contributed by atoms with van der Waals surface area (Å²) >= 11 is 3.22. The number of hydrogen-bond donors (Lipinski definition) is 0. The van der Waals surface area contributed by atoms with Gasteiger partial charge in [0.1, 0.15) is 5.69 Å². The zero-order valence-corrected chi connectivity index (χ0v) is 12.2. The van der Waals surface area contributed by atoms with Gasteiger partial charge in [0.15, 0.2) is 0 Å². The summed E-state index contributed by atoms with van der Waals surface area (Å²) in [5, 5.41) is 12.2. The molecule has 0 unspecified atom stereocenters. The standard InChI is InChI=1S/C14H10BrN3O2/c1-17-6-5-10-11(3-2-4-12(10)17)14-13(18(19)20)7-9(15)8-16-14/h2-8H,1H3. The summed E-state index contributed by atoms with van der Waals surface area (Å²) < 4.78 is 2.57. The lowest BCUT2D eigenvalue weighted by atomic mass is 10.1. The highest BCUT2D eigenvalue weighted by molar-refractivity contribution is 9.10. The molecule has 6 heteroatoms. The van der Waals surface area contributed by atoms with Crippen molar-refractivity contribution in [2.45, 2.75) is 0 Å². The van der Waals surface area contributed by atoms with E-state index in [2.05, 4.69) is 20.9 Å². The van der Waals surface area contributed by atoms with Crippen molar-refractivity contribution in [2.24, 2.45) is 7.05 Å². The van der Waals surface area contributed by atoms with Gasteiger partial charge in [-0.25, -0.2) is 4.98 Å². The van der Waals surface area contributed by atoms with Crippen molar-refractivity contribution in [1.82, 2.24) is 9.55 Å². The van der Waals surface area contributed by atoms with Crippen molar-refractivity contribution in [1.29, 1.82) is 0 Å². The number of nitrogens with zero attached hydrogens (tertiary/aromatic N) is 3. The summed E-state index contributed by atoms with van der Waals surface area (Å²) in [6.45, 7) is 0. The molecule has 0 amide bonds. The van der Waals surface area contributed by atoms with E-state index in [4.69, 9.17) is 0 Å². The Balaban J connectivity index is 2.34. The lowest BCUT2D eigenvalue weighted by molar-refractivity contribution is -0.384. The topological polar surface area (TPSA) is 61.0 Å². The molecule has 3 rings (SSSR count). The highest BCUT2D eigenvalue weighted by Gasteiger charge is 2.19. The molecule has 2 heterocycles. The van der Waals surface area contributed by atoms with Crippen LogP contribution in [0.1, 0.15) is 0 Å². The third-order valence-electron chi connectivity index (χ3n) is 3.21. The smallest absolute Gasteiger partial charge is 0.296 e. The second-order valence-corrected chi connectivity index (χ2v) is 5.36. The molecule has 0 radical (unpaired) electrons. The number of hydrogen-bond acceptors (Lipinski definition) is 3. The van der Waals surface area contributed by atoms with Gasteiger partial charge in [-0.2, -0.15) is 0 Å². The molecule has 20 heavy (non-hydrogen) atoms. The zero-order chi connectivity index (χ0) is 14.3. The molecular weight excluding hydrogens is 322 g/mol. The lowest BCUT2D eigenvalue weighted by Gasteiger charge is -2.05. The van der Waals surface area contributed by atoms with E-state index in [-0.39, 0.29) is 5.69 Å². The van der Waals surface area contributed by atoms with Crippen molar-refractivity contribution in [3.8, 4) is 11.3 Å². The van der Waals surface area contributed by atoms with Gasteiger partial charge in [-0.05, 0) is 28.1 Å². The van der Waals surface area contributed by atoms with Crippen LogP contribution in [0.5, 0.6) is 0 Å². The average Bonchev–Trinajstić information content (AvgIpc) is 2.81. The van der Waals surface area contributed by atoms with Crippen LogP contribution in [-0.2, 0) is 7.05 Å². The molecular formula is C14H10BrN3O2. The molecule has 5 nitrogen and oxygen atoms in total. The van der Waals surface area contributed by atoms with Gasteiger partial charge in [0.2, 0.25) is 0 Å². The van der Waals surface area contributed by atoms with Crippen LogP contribution in [0.15, 0.2) is 47.2 Å². The van der Waals surface area contributed by atoms with Gasteiger partial charge >= 0.3 is 0 Å². The van der Waals surface area contributed by atoms with Crippen LogP contribution in [0.4, 0.5) is 5.69 Å². The first-order chi connectivity index (χ1) is 9.58. The van der Waals surface area contributed by atoms with Crippen LogP contribution >= 0.6 is 15.9 Å². The average molecular weight is 332 g/mol. The number of aromatic nitrogens is 2. The Morgan fingerprint density at radius 2 is 2.15 bits per heavy atom. The Labute approximate surface area is 123 Å². The van der Waals surface area contributed by atoms with Crippen LogP contribution in [-0.4, -0.2) is 14.5 Å². The molecule has 2 aromatic heterocycles. The van der Waals surface area contributed by atoms with Gasteiger partial charge in [0.25, 0.3) is 5.69 Å². The number of fused-ring (bicyclic) bond motifs is 1.